The minimum absolute atomic E-state index is 0.163. The van der Waals surface area contributed by atoms with E-state index in [0.717, 1.165) is 36.1 Å². The highest BCUT2D eigenvalue weighted by molar-refractivity contribution is 5.39. The van der Waals surface area contributed by atoms with Crippen LogP contribution in [0.5, 0.6) is 5.75 Å². The monoisotopic (exact) mass is 328 g/mol. The van der Waals surface area contributed by atoms with E-state index in [1.54, 1.807) is 7.11 Å². The molecule has 0 aliphatic carbocycles. The summed E-state index contributed by atoms with van der Waals surface area (Å²) >= 11 is 0. The lowest BCUT2D eigenvalue weighted by Crippen LogP contribution is -2.36. The smallest absolute Gasteiger partial charge is 0.188 e. The highest BCUT2D eigenvalue weighted by Crippen LogP contribution is 2.41. The minimum Gasteiger partial charge on any atom is -0.468 e. The summed E-state index contributed by atoms with van der Waals surface area (Å²) in [5.41, 5.74) is 0.848. The number of hydrogen-bond acceptors (Lipinski definition) is 3. The second kappa shape index (κ2) is 8.86. The Morgan fingerprint density at radius 1 is 0.958 bits per heavy atom. The molecule has 2 aromatic carbocycles. The molecular weight excluding hydrogens is 300 g/mol. The molecule has 0 heterocycles. The lowest BCUT2D eigenvalue weighted by Gasteiger charge is -2.37. The fourth-order valence-corrected chi connectivity index (χ4v) is 3.32. The van der Waals surface area contributed by atoms with Crippen molar-refractivity contribution >= 4 is 0 Å². The van der Waals surface area contributed by atoms with E-state index < -0.39 is 5.60 Å². The van der Waals surface area contributed by atoms with Gasteiger partial charge in [0.1, 0.15) is 11.4 Å². The predicted octanol–water partition coefficient (Wildman–Crippen LogP) is 4.73. The van der Waals surface area contributed by atoms with Gasteiger partial charge in [-0.15, -0.1) is 0 Å². The first-order valence-corrected chi connectivity index (χ1v) is 8.66. The highest BCUT2D eigenvalue weighted by atomic mass is 16.7. The van der Waals surface area contributed by atoms with Crippen LogP contribution in [0.1, 0.15) is 44.2 Å². The van der Waals surface area contributed by atoms with Crippen molar-refractivity contribution in [2.24, 2.45) is 5.92 Å². The maximum Gasteiger partial charge on any atom is 0.188 e. The van der Waals surface area contributed by atoms with Crippen LogP contribution in [0.3, 0.4) is 0 Å². The zero-order valence-corrected chi connectivity index (χ0v) is 14.9. The molecule has 0 spiro atoms. The van der Waals surface area contributed by atoms with E-state index in [9.17, 15) is 5.11 Å². The number of benzene rings is 2. The van der Waals surface area contributed by atoms with E-state index in [1.165, 1.54) is 0 Å². The first-order chi connectivity index (χ1) is 11.7. The normalized spacial score (nSPS) is 14.8. The number of ether oxygens (including phenoxy) is 2. The topological polar surface area (TPSA) is 38.7 Å². The van der Waals surface area contributed by atoms with Gasteiger partial charge in [0.05, 0.1) is 0 Å². The maximum absolute atomic E-state index is 11.7. The Hall–Kier alpha value is -1.84. The van der Waals surface area contributed by atoms with Gasteiger partial charge in [-0.2, -0.15) is 0 Å². The van der Waals surface area contributed by atoms with E-state index in [4.69, 9.17) is 9.47 Å². The van der Waals surface area contributed by atoms with Gasteiger partial charge in [0.25, 0.3) is 0 Å². The molecule has 0 saturated carbocycles. The van der Waals surface area contributed by atoms with Gasteiger partial charge >= 0.3 is 0 Å². The van der Waals surface area contributed by atoms with Crippen molar-refractivity contribution in [2.45, 2.75) is 38.7 Å². The number of rotatable bonds is 9. The van der Waals surface area contributed by atoms with Gasteiger partial charge in [-0.3, -0.25) is 0 Å². The van der Waals surface area contributed by atoms with Crippen molar-refractivity contribution in [3.05, 3.63) is 65.7 Å². The van der Waals surface area contributed by atoms with Gasteiger partial charge in [-0.1, -0.05) is 62.7 Å². The van der Waals surface area contributed by atoms with Crippen LogP contribution in [0.25, 0.3) is 0 Å². The third-order valence-electron chi connectivity index (χ3n) is 4.57. The zero-order chi connectivity index (χ0) is 17.4. The Kier molecular flexibility index (Phi) is 6.83. The molecule has 0 radical (unpaired) electrons. The van der Waals surface area contributed by atoms with Gasteiger partial charge in [0.15, 0.2) is 6.79 Å². The molecule has 0 aromatic heterocycles. The van der Waals surface area contributed by atoms with E-state index in [0.29, 0.717) is 0 Å². The Balaban J connectivity index is 2.42. The van der Waals surface area contributed by atoms with Crippen molar-refractivity contribution in [1.82, 2.24) is 0 Å². The Bertz CT molecular complexity index is 594. The molecule has 3 heteroatoms. The van der Waals surface area contributed by atoms with Crippen LogP contribution in [0, 0.1) is 5.92 Å². The zero-order valence-electron chi connectivity index (χ0n) is 14.9. The number of hydrogen-bond donors (Lipinski definition) is 1. The number of methoxy groups -OCH3 is 1. The third-order valence-corrected chi connectivity index (χ3v) is 4.57. The predicted molar refractivity (Wildman–Crippen MR) is 97.1 cm³/mol. The van der Waals surface area contributed by atoms with Crippen molar-refractivity contribution in [3.8, 4) is 5.75 Å². The average Bonchev–Trinajstić information content (AvgIpc) is 2.65. The molecule has 0 unspecified atom stereocenters. The molecule has 2 rings (SSSR count). The Labute approximate surface area is 145 Å². The van der Waals surface area contributed by atoms with Crippen molar-refractivity contribution < 1.29 is 14.6 Å². The minimum atomic E-state index is -0.994. The summed E-state index contributed by atoms with van der Waals surface area (Å²) in [5, 5.41) is 11.7. The third kappa shape index (κ3) is 3.97. The molecule has 2 aromatic rings. The largest absolute Gasteiger partial charge is 0.468 e. The summed E-state index contributed by atoms with van der Waals surface area (Å²) in [7, 11) is 1.60. The van der Waals surface area contributed by atoms with E-state index in [-0.39, 0.29) is 12.7 Å². The van der Waals surface area contributed by atoms with Crippen LogP contribution in [0.2, 0.25) is 0 Å². The molecule has 0 aliphatic rings. The summed E-state index contributed by atoms with van der Waals surface area (Å²) in [6.07, 6.45) is 2.94. The van der Waals surface area contributed by atoms with Crippen LogP contribution in [0.15, 0.2) is 54.6 Å². The van der Waals surface area contributed by atoms with Gasteiger partial charge in [0.2, 0.25) is 0 Å². The van der Waals surface area contributed by atoms with Crippen LogP contribution in [-0.4, -0.2) is 19.0 Å². The van der Waals surface area contributed by atoms with Crippen molar-refractivity contribution in [3.63, 3.8) is 0 Å². The molecule has 3 nitrogen and oxygen atoms in total. The molecule has 0 amide bonds. The van der Waals surface area contributed by atoms with Gasteiger partial charge in [-0.25, -0.2) is 0 Å². The molecule has 0 aliphatic heterocycles. The maximum atomic E-state index is 11.7. The van der Waals surface area contributed by atoms with E-state index in [2.05, 4.69) is 13.8 Å². The van der Waals surface area contributed by atoms with Crippen LogP contribution in [0.4, 0.5) is 0 Å². The van der Waals surface area contributed by atoms with Crippen LogP contribution < -0.4 is 4.74 Å². The molecule has 130 valence electrons. The molecule has 1 N–H and O–H groups in total. The summed E-state index contributed by atoms with van der Waals surface area (Å²) in [5.74, 6) is 0.898. The van der Waals surface area contributed by atoms with Crippen molar-refractivity contribution in [2.75, 3.05) is 13.9 Å². The fourth-order valence-electron chi connectivity index (χ4n) is 3.32. The lowest BCUT2D eigenvalue weighted by molar-refractivity contribution is 0.00965. The summed E-state index contributed by atoms with van der Waals surface area (Å²) in [4.78, 5) is 0. The SMILES string of the molecule is CCC[C@@H](CC)[C@](O)(c1ccccc1)c1ccc(OCOC)cc1. The van der Waals surface area contributed by atoms with Crippen molar-refractivity contribution in [1.29, 1.82) is 0 Å². The summed E-state index contributed by atoms with van der Waals surface area (Å²) < 4.78 is 10.4. The van der Waals surface area contributed by atoms with E-state index >= 15 is 0 Å². The first-order valence-electron chi connectivity index (χ1n) is 8.66. The Morgan fingerprint density at radius 3 is 2.12 bits per heavy atom. The average molecular weight is 328 g/mol. The van der Waals surface area contributed by atoms with Gasteiger partial charge in [0, 0.05) is 7.11 Å². The second-order valence-corrected chi connectivity index (χ2v) is 6.10. The lowest BCUT2D eigenvalue weighted by atomic mass is 9.73. The van der Waals surface area contributed by atoms with Crippen LogP contribution in [-0.2, 0) is 10.3 Å². The van der Waals surface area contributed by atoms with Crippen LogP contribution >= 0.6 is 0 Å². The molecule has 2 atom stereocenters. The second-order valence-electron chi connectivity index (χ2n) is 6.10. The summed E-state index contributed by atoms with van der Waals surface area (Å²) in [6.45, 7) is 4.52. The molecule has 0 fully saturated rings. The standard InChI is InChI=1S/C21H28O3/c1-4-9-17(5-2)21(22,18-10-7-6-8-11-18)19-12-14-20(15-13-19)24-16-23-3/h6-8,10-15,17,22H,4-5,9,16H2,1-3H3/t17-,21+/m1/s1. The van der Waals surface area contributed by atoms with E-state index in [1.807, 2.05) is 54.6 Å². The van der Waals surface area contributed by atoms with Gasteiger partial charge < -0.3 is 14.6 Å². The molecule has 0 saturated heterocycles. The molecule has 24 heavy (non-hydrogen) atoms. The molecule has 0 bridgehead atoms. The fraction of sp³-hybridized carbons (Fsp3) is 0.429. The molecular formula is C21H28O3. The number of aliphatic hydroxyl groups is 1. The summed E-state index contributed by atoms with van der Waals surface area (Å²) in [6, 6.07) is 17.6. The highest BCUT2D eigenvalue weighted by Gasteiger charge is 2.38. The Morgan fingerprint density at radius 2 is 1.58 bits per heavy atom. The first kappa shape index (κ1) is 18.5. The quantitative estimate of drug-likeness (QED) is 0.676. The van der Waals surface area contributed by atoms with Gasteiger partial charge in [-0.05, 0) is 42.0 Å².